The second kappa shape index (κ2) is 4.73. The maximum Gasteiger partial charge on any atom is 0.278 e. The molecule has 0 aromatic carbocycles. The number of aryl methyl sites for hydroxylation is 1. The predicted molar refractivity (Wildman–Crippen MR) is 57.6 cm³/mol. The topological polar surface area (TPSA) is 78.1 Å². The van der Waals surface area contributed by atoms with Gasteiger partial charge in [0.05, 0.1) is 0 Å². The summed E-state index contributed by atoms with van der Waals surface area (Å²) < 4.78 is 26.2. The summed E-state index contributed by atoms with van der Waals surface area (Å²) in [4.78, 5) is 7.06. The smallest absolute Gasteiger partial charge is 0.278 e. The van der Waals surface area contributed by atoms with E-state index < -0.39 is 10.2 Å². The molecule has 0 aliphatic heterocycles. The van der Waals surface area contributed by atoms with Gasteiger partial charge in [-0.2, -0.15) is 12.7 Å². The molecule has 0 unspecified atom stereocenters. The minimum atomic E-state index is -3.31. The van der Waals surface area contributed by atoms with Gasteiger partial charge in [0, 0.05) is 39.0 Å². The monoisotopic (exact) mass is 232 g/mol. The number of nitrogens with zero attached hydrogens (tertiary/aromatic N) is 2. The van der Waals surface area contributed by atoms with Crippen LogP contribution in [0.5, 0.6) is 0 Å². The van der Waals surface area contributed by atoms with Crippen molar-refractivity contribution in [3.8, 4) is 0 Å². The lowest BCUT2D eigenvalue weighted by atomic mass is 10.3. The minimum absolute atomic E-state index is 0.363. The van der Waals surface area contributed by atoms with Crippen molar-refractivity contribution in [1.82, 2.24) is 19.0 Å². The van der Waals surface area contributed by atoms with E-state index in [1.54, 1.807) is 6.20 Å². The maximum atomic E-state index is 11.3. The number of aromatic nitrogens is 2. The molecule has 86 valence electrons. The van der Waals surface area contributed by atoms with Gasteiger partial charge in [-0.15, -0.1) is 0 Å². The van der Waals surface area contributed by atoms with E-state index in [1.807, 2.05) is 6.92 Å². The number of rotatable bonds is 5. The van der Waals surface area contributed by atoms with E-state index >= 15 is 0 Å². The van der Waals surface area contributed by atoms with E-state index in [0.29, 0.717) is 13.0 Å². The van der Waals surface area contributed by atoms with Gasteiger partial charge in [0.1, 0.15) is 5.82 Å². The Morgan fingerprint density at radius 2 is 2.20 bits per heavy atom. The zero-order valence-electron chi connectivity index (χ0n) is 9.11. The molecule has 0 aliphatic rings. The fourth-order valence-electron chi connectivity index (χ4n) is 1.04. The molecule has 0 bridgehead atoms. The summed E-state index contributed by atoms with van der Waals surface area (Å²) in [6.07, 6.45) is 2.31. The van der Waals surface area contributed by atoms with Crippen LogP contribution in [0, 0.1) is 6.92 Å². The number of imidazole rings is 1. The molecule has 0 aliphatic carbocycles. The van der Waals surface area contributed by atoms with Crippen molar-refractivity contribution in [2.45, 2.75) is 13.3 Å². The fraction of sp³-hybridized carbons (Fsp3) is 0.625. The Morgan fingerprint density at radius 3 is 2.67 bits per heavy atom. The molecule has 0 radical (unpaired) electrons. The highest BCUT2D eigenvalue weighted by Gasteiger charge is 2.11. The number of aromatic amines is 1. The predicted octanol–water partition coefficient (Wildman–Crippen LogP) is -0.343. The summed E-state index contributed by atoms with van der Waals surface area (Å²) in [5.74, 6) is 0.834. The minimum Gasteiger partial charge on any atom is -0.346 e. The zero-order valence-corrected chi connectivity index (χ0v) is 9.93. The highest BCUT2D eigenvalue weighted by atomic mass is 32.2. The molecule has 7 heteroatoms. The van der Waals surface area contributed by atoms with Crippen molar-refractivity contribution in [2.24, 2.45) is 0 Å². The molecule has 0 fully saturated rings. The summed E-state index contributed by atoms with van der Waals surface area (Å²) >= 11 is 0. The molecule has 1 heterocycles. The molecule has 1 aromatic rings. The van der Waals surface area contributed by atoms with Crippen LogP contribution in [0.25, 0.3) is 0 Å². The first-order valence-corrected chi connectivity index (χ1v) is 6.03. The molecule has 1 rings (SSSR count). The number of H-pyrrole nitrogens is 1. The van der Waals surface area contributed by atoms with Crippen molar-refractivity contribution in [3.05, 3.63) is 17.7 Å². The average molecular weight is 232 g/mol. The number of hydrogen-bond acceptors (Lipinski definition) is 3. The van der Waals surface area contributed by atoms with Gasteiger partial charge in [0.15, 0.2) is 0 Å². The number of nitrogens with one attached hydrogen (secondary N) is 2. The molecule has 2 N–H and O–H groups in total. The van der Waals surface area contributed by atoms with Gasteiger partial charge in [-0.3, -0.25) is 0 Å². The van der Waals surface area contributed by atoms with E-state index in [1.165, 1.54) is 14.1 Å². The Hall–Kier alpha value is -0.920. The maximum absolute atomic E-state index is 11.3. The van der Waals surface area contributed by atoms with Gasteiger partial charge in [0.25, 0.3) is 10.2 Å². The van der Waals surface area contributed by atoms with Gasteiger partial charge in [-0.05, 0) is 6.92 Å². The summed E-state index contributed by atoms with van der Waals surface area (Å²) in [5.41, 5.74) is 0.925. The lowest BCUT2D eigenvalue weighted by Crippen LogP contribution is -2.36. The average Bonchev–Trinajstić information content (AvgIpc) is 2.51. The zero-order chi connectivity index (χ0) is 11.5. The molecule has 0 amide bonds. The first kappa shape index (κ1) is 12.2. The molecule has 0 saturated heterocycles. The fourth-order valence-corrected chi connectivity index (χ4v) is 1.66. The SMILES string of the molecule is Cc1ncc(CCNS(=O)(=O)N(C)C)[nH]1. The Kier molecular flexibility index (Phi) is 3.83. The molecule has 15 heavy (non-hydrogen) atoms. The Balaban J connectivity index is 2.40. The van der Waals surface area contributed by atoms with E-state index in [2.05, 4.69) is 14.7 Å². The Labute approximate surface area is 89.9 Å². The van der Waals surface area contributed by atoms with Gasteiger partial charge < -0.3 is 4.98 Å². The van der Waals surface area contributed by atoms with Crippen LogP contribution in [0.15, 0.2) is 6.20 Å². The lowest BCUT2D eigenvalue weighted by molar-refractivity contribution is 0.505. The highest BCUT2D eigenvalue weighted by molar-refractivity contribution is 7.87. The summed E-state index contributed by atoms with van der Waals surface area (Å²) in [6.45, 7) is 2.22. The third-order valence-electron chi connectivity index (χ3n) is 1.92. The first-order valence-electron chi connectivity index (χ1n) is 4.59. The largest absolute Gasteiger partial charge is 0.346 e. The van der Waals surface area contributed by atoms with Gasteiger partial charge in [0.2, 0.25) is 0 Å². The third kappa shape index (κ3) is 3.61. The molecule has 0 spiro atoms. The van der Waals surface area contributed by atoms with Crippen molar-refractivity contribution < 1.29 is 8.42 Å². The van der Waals surface area contributed by atoms with Gasteiger partial charge in [-0.1, -0.05) is 0 Å². The van der Waals surface area contributed by atoms with Crippen LogP contribution in [0.3, 0.4) is 0 Å². The quantitative estimate of drug-likeness (QED) is 0.729. The molecule has 0 atom stereocenters. The van der Waals surface area contributed by atoms with Crippen LogP contribution in [0.1, 0.15) is 11.5 Å². The van der Waals surface area contributed by atoms with E-state index in [9.17, 15) is 8.42 Å². The molecule has 1 aromatic heterocycles. The van der Waals surface area contributed by atoms with E-state index in [4.69, 9.17) is 0 Å². The third-order valence-corrected chi connectivity index (χ3v) is 3.45. The normalized spacial score (nSPS) is 12.3. The standard InChI is InChI=1S/C8H16N4O2S/c1-7-9-6-8(11-7)4-5-10-15(13,14)12(2)3/h6,10H,4-5H2,1-3H3,(H,9,11). The molecule has 0 saturated carbocycles. The lowest BCUT2D eigenvalue weighted by Gasteiger charge is -2.11. The van der Waals surface area contributed by atoms with Crippen LogP contribution < -0.4 is 4.72 Å². The summed E-state index contributed by atoms with van der Waals surface area (Å²) in [6, 6.07) is 0. The van der Waals surface area contributed by atoms with Crippen LogP contribution >= 0.6 is 0 Å². The highest BCUT2D eigenvalue weighted by Crippen LogP contribution is 1.96. The molecule has 6 nitrogen and oxygen atoms in total. The molecular weight excluding hydrogens is 216 g/mol. The van der Waals surface area contributed by atoms with E-state index in [0.717, 1.165) is 15.8 Å². The van der Waals surface area contributed by atoms with Crippen molar-refractivity contribution >= 4 is 10.2 Å². The van der Waals surface area contributed by atoms with Crippen molar-refractivity contribution in [3.63, 3.8) is 0 Å². The number of hydrogen-bond donors (Lipinski definition) is 2. The Morgan fingerprint density at radius 1 is 1.53 bits per heavy atom. The van der Waals surface area contributed by atoms with Crippen LogP contribution in [-0.4, -0.2) is 43.3 Å². The van der Waals surface area contributed by atoms with Gasteiger partial charge >= 0.3 is 0 Å². The van der Waals surface area contributed by atoms with Crippen LogP contribution in [0.4, 0.5) is 0 Å². The summed E-state index contributed by atoms with van der Waals surface area (Å²) in [7, 11) is -0.335. The second-order valence-corrected chi connectivity index (χ2v) is 5.39. The van der Waals surface area contributed by atoms with E-state index in [-0.39, 0.29) is 0 Å². The van der Waals surface area contributed by atoms with Crippen molar-refractivity contribution in [1.29, 1.82) is 0 Å². The molecular formula is C8H16N4O2S. The van der Waals surface area contributed by atoms with Crippen molar-refractivity contribution in [2.75, 3.05) is 20.6 Å². The first-order chi connectivity index (χ1) is 6.92. The Bertz CT molecular complexity index is 410. The van der Waals surface area contributed by atoms with Crippen LogP contribution in [0.2, 0.25) is 0 Å². The van der Waals surface area contributed by atoms with Crippen LogP contribution in [-0.2, 0) is 16.6 Å². The summed E-state index contributed by atoms with van der Waals surface area (Å²) in [5, 5.41) is 0. The second-order valence-electron chi connectivity index (χ2n) is 3.43. The van der Waals surface area contributed by atoms with Gasteiger partial charge in [-0.25, -0.2) is 9.71 Å².